The third-order valence-corrected chi connectivity index (χ3v) is 3.25. The lowest BCUT2D eigenvalue weighted by molar-refractivity contribution is -0.134. The molecule has 1 rings (SSSR count). The Morgan fingerprint density at radius 2 is 1.76 bits per heavy atom. The lowest BCUT2D eigenvalue weighted by Gasteiger charge is -2.26. The Morgan fingerprint density at radius 3 is 2.24 bits per heavy atom. The van der Waals surface area contributed by atoms with E-state index in [-0.39, 0.29) is 12.5 Å². The quantitative estimate of drug-likeness (QED) is 0.756. The molecule has 0 radical (unpaired) electrons. The summed E-state index contributed by atoms with van der Waals surface area (Å²) in [5.74, 6) is 1.64. The van der Waals surface area contributed by atoms with E-state index in [4.69, 9.17) is 16.3 Å². The molecule has 0 fully saturated rings. The summed E-state index contributed by atoms with van der Waals surface area (Å²) < 4.78 is 5.65. The minimum absolute atomic E-state index is 0.0340. The summed E-state index contributed by atoms with van der Waals surface area (Å²) in [5.41, 5.74) is 0.939. The van der Waals surface area contributed by atoms with Gasteiger partial charge in [0.2, 0.25) is 0 Å². The molecule has 0 spiro atoms. The molecule has 0 aliphatic rings. The van der Waals surface area contributed by atoms with E-state index in [1.165, 1.54) is 0 Å². The zero-order chi connectivity index (χ0) is 16.0. The summed E-state index contributed by atoms with van der Waals surface area (Å²) in [7, 11) is 0. The predicted octanol–water partition coefficient (Wildman–Crippen LogP) is 4.17. The fraction of sp³-hybridized carbons (Fsp3) is 0.588. The van der Waals surface area contributed by atoms with Gasteiger partial charge in [-0.2, -0.15) is 0 Å². The zero-order valence-corrected chi connectivity index (χ0v) is 14.4. The highest BCUT2D eigenvalue weighted by Crippen LogP contribution is 2.21. The van der Waals surface area contributed by atoms with Crippen LogP contribution in [0.4, 0.5) is 0 Å². The number of amides is 1. The number of hydrogen-bond donors (Lipinski definition) is 0. The Morgan fingerprint density at radius 1 is 1.19 bits per heavy atom. The standard InChI is InChI=1S/C17H26ClNO2/c1-12(2)9-19(10-13(3)4)17(20)11-21-16-7-6-15(18)8-14(16)5/h6-8,12-13H,9-11H2,1-5H3. The van der Waals surface area contributed by atoms with Crippen molar-refractivity contribution in [3.05, 3.63) is 28.8 Å². The van der Waals surface area contributed by atoms with Gasteiger partial charge in [0.15, 0.2) is 6.61 Å². The summed E-state index contributed by atoms with van der Waals surface area (Å²) in [5, 5.41) is 0.674. The number of carbonyl (C=O) groups is 1. The molecule has 0 aromatic heterocycles. The van der Waals surface area contributed by atoms with Crippen molar-refractivity contribution in [2.45, 2.75) is 34.6 Å². The Balaban J connectivity index is 2.64. The third-order valence-electron chi connectivity index (χ3n) is 3.01. The maximum atomic E-state index is 12.3. The number of aryl methyl sites for hydroxylation is 1. The fourth-order valence-electron chi connectivity index (χ4n) is 2.17. The van der Waals surface area contributed by atoms with Crippen molar-refractivity contribution < 1.29 is 9.53 Å². The molecule has 4 heteroatoms. The monoisotopic (exact) mass is 311 g/mol. The number of halogens is 1. The van der Waals surface area contributed by atoms with Crippen LogP contribution >= 0.6 is 11.6 Å². The van der Waals surface area contributed by atoms with E-state index in [1.807, 2.05) is 17.9 Å². The minimum Gasteiger partial charge on any atom is -0.483 e. The average Bonchev–Trinajstić information content (AvgIpc) is 2.35. The highest BCUT2D eigenvalue weighted by molar-refractivity contribution is 6.30. The van der Waals surface area contributed by atoms with Crippen LogP contribution in [0.25, 0.3) is 0 Å². The number of benzene rings is 1. The molecule has 1 aromatic carbocycles. The molecule has 1 amide bonds. The molecule has 0 unspecified atom stereocenters. The molecule has 3 nitrogen and oxygen atoms in total. The van der Waals surface area contributed by atoms with Crippen molar-refractivity contribution >= 4 is 17.5 Å². The van der Waals surface area contributed by atoms with Crippen LogP contribution in [-0.4, -0.2) is 30.5 Å². The summed E-state index contributed by atoms with van der Waals surface area (Å²) in [4.78, 5) is 14.2. The van der Waals surface area contributed by atoms with Gasteiger partial charge in [-0.15, -0.1) is 0 Å². The van der Waals surface area contributed by atoms with Gasteiger partial charge in [0.1, 0.15) is 5.75 Å². The molecule has 0 saturated heterocycles. The smallest absolute Gasteiger partial charge is 0.260 e. The molecule has 0 aliphatic carbocycles. The number of carbonyl (C=O) groups excluding carboxylic acids is 1. The molecule has 0 aliphatic heterocycles. The van der Waals surface area contributed by atoms with Gasteiger partial charge in [-0.05, 0) is 42.5 Å². The topological polar surface area (TPSA) is 29.5 Å². The summed E-state index contributed by atoms with van der Waals surface area (Å²) in [6, 6.07) is 5.41. The molecule has 0 atom stereocenters. The molecule has 21 heavy (non-hydrogen) atoms. The maximum absolute atomic E-state index is 12.3. The van der Waals surface area contributed by atoms with E-state index in [1.54, 1.807) is 12.1 Å². The first kappa shape index (κ1) is 17.8. The van der Waals surface area contributed by atoms with Crippen LogP contribution in [0.15, 0.2) is 18.2 Å². The van der Waals surface area contributed by atoms with Crippen molar-refractivity contribution in [1.29, 1.82) is 0 Å². The van der Waals surface area contributed by atoms with E-state index in [0.29, 0.717) is 22.6 Å². The van der Waals surface area contributed by atoms with Gasteiger partial charge in [0, 0.05) is 18.1 Å². The summed E-state index contributed by atoms with van der Waals surface area (Å²) >= 11 is 5.91. The van der Waals surface area contributed by atoms with Gasteiger partial charge < -0.3 is 9.64 Å². The molecule has 0 bridgehead atoms. The fourth-order valence-corrected chi connectivity index (χ4v) is 2.39. The summed E-state index contributed by atoms with van der Waals surface area (Å²) in [6.45, 7) is 12.0. The van der Waals surface area contributed by atoms with Gasteiger partial charge in [-0.25, -0.2) is 0 Å². The second kappa shape index (κ2) is 8.28. The van der Waals surface area contributed by atoms with Gasteiger partial charge in [0.05, 0.1) is 0 Å². The van der Waals surface area contributed by atoms with Crippen molar-refractivity contribution in [1.82, 2.24) is 4.90 Å². The number of nitrogens with zero attached hydrogens (tertiary/aromatic N) is 1. The van der Waals surface area contributed by atoms with Crippen molar-refractivity contribution in [2.75, 3.05) is 19.7 Å². The Kier molecular flexibility index (Phi) is 7.03. The first-order valence-electron chi connectivity index (χ1n) is 7.46. The largest absolute Gasteiger partial charge is 0.483 e. The molecular formula is C17H26ClNO2. The normalized spacial score (nSPS) is 11.0. The second-order valence-corrected chi connectivity index (χ2v) is 6.72. The van der Waals surface area contributed by atoms with E-state index >= 15 is 0 Å². The average molecular weight is 312 g/mol. The van der Waals surface area contributed by atoms with Crippen LogP contribution in [0.5, 0.6) is 5.75 Å². The Hall–Kier alpha value is -1.22. The molecule has 1 aromatic rings. The van der Waals surface area contributed by atoms with Crippen LogP contribution in [0.2, 0.25) is 5.02 Å². The van der Waals surface area contributed by atoms with Crippen LogP contribution in [0, 0.1) is 18.8 Å². The number of rotatable bonds is 7. The lowest BCUT2D eigenvalue weighted by Crippen LogP contribution is -2.39. The third kappa shape index (κ3) is 6.38. The molecule has 0 saturated carbocycles. The van der Waals surface area contributed by atoms with Crippen LogP contribution in [-0.2, 0) is 4.79 Å². The van der Waals surface area contributed by atoms with Gasteiger partial charge in [-0.1, -0.05) is 39.3 Å². The van der Waals surface area contributed by atoms with Crippen LogP contribution < -0.4 is 4.74 Å². The first-order chi connectivity index (χ1) is 9.79. The van der Waals surface area contributed by atoms with Gasteiger partial charge in [0.25, 0.3) is 5.91 Å². The maximum Gasteiger partial charge on any atom is 0.260 e. The Bertz CT molecular complexity index is 462. The Labute approximate surface area is 133 Å². The van der Waals surface area contributed by atoms with Crippen molar-refractivity contribution in [3.8, 4) is 5.75 Å². The SMILES string of the molecule is Cc1cc(Cl)ccc1OCC(=O)N(CC(C)C)CC(C)C. The van der Waals surface area contributed by atoms with Crippen LogP contribution in [0.3, 0.4) is 0 Å². The molecular weight excluding hydrogens is 286 g/mol. The second-order valence-electron chi connectivity index (χ2n) is 6.28. The molecule has 118 valence electrons. The highest BCUT2D eigenvalue weighted by Gasteiger charge is 2.17. The number of ether oxygens (including phenoxy) is 1. The van der Waals surface area contributed by atoms with Crippen LogP contribution in [0.1, 0.15) is 33.3 Å². The van der Waals surface area contributed by atoms with Crippen molar-refractivity contribution in [3.63, 3.8) is 0 Å². The van der Waals surface area contributed by atoms with Crippen molar-refractivity contribution in [2.24, 2.45) is 11.8 Å². The first-order valence-corrected chi connectivity index (χ1v) is 7.84. The van der Waals surface area contributed by atoms with Gasteiger partial charge >= 0.3 is 0 Å². The minimum atomic E-state index is 0.0340. The summed E-state index contributed by atoms with van der Waals surface area (Å²) in [6.07, 6.45) is 0. The lowest BCUT2D eigenvalue weighted by atomic mass is 10.1. The number of hydrogen-bond acceptors (Lipinski definition) is 2. The van der Waals surface area contributed by atoms with E-state index < -0.39 is 0 Å². The molecule has 0 heterocycles. The van der Waals surface area contributed by atoms with E-state index in [9.17, 15) is 4.79 Å². The molecule has 0 N–H and O–H groups in total. The highest BCUT2D eigenvalue weighted by atomic mass is 35.5. The predicted molar refractivity (Wildman–Crippen MR) is 87.9 cm³/mol. The van der Waals surface area contributed by atoms with E-state index in [0.717, 1.165) is 18.7 Å². The van der Waals surface area contributed by atoms with E-state index in [2.05, 4.69) is 27.7 Å². The van der Waals surface area contributed by atoms with Gasteiger partial charge in [-0.3, -0.25) is 4.79 Å². The zero-order valence-electron chi connectivity index (χ0n) is 13.6.